The number of nitriles is 1. The smallest absolute Gasteiger partial charge is 0.183 e. The molecule has 0 bridgehead atoms. The van der Waals surface area contributed by atoms with Gasteiger partial charge in [-0.2, -0.15) is 5.26 Å². The molecule has 0 unspecified atom stereocenters. The number of nitrogens with one attached hydrogen (secondary N) is 1. The van der Waals surface area contributed by atoms with Crippen molar-refractivity contribution in [2.75, 3.05) is 23.3 Å². The molecule has 0 saturated carbocycles. The van der Waals surface area contributed by atoms with Crippen LogP contribution in [-0.2, 0) is 16.3 Å². The molecule has 0 aliphatic carbocycles. The summed E-state index contributed by atoms with van der Waals surface area (Å²) in [6.07, 6.45) is 0.795. The van der Waals surface area contributed by atoms with Gasteiger partial charge in [0.25, 0.3) is 0 Å². The zero-order valence-corrected chi connectivity index (χ0v) is 13.9. The van der Waals surface area contributed by atoms with Crippen molar-refractivity contribution in [2.24, 2.45) is 0 Å². The van der Waals surface area contributed by atoms with Crippen molar-refractivity contribution in [3.63, 3.8) is 0 Å². The predicted molar refractivity (Wildman–Crippen MR) is 87.7 cm³/mol. The minimum absolute atomic E-state index is 0.0432. The van der Waals surface area contributed by atoms with Gasteiger partial charge in [0, 0.05) is 11.4 Å². The van der Waals surface area contributed by atoms with Crippen LogP contribution in [0.3, 0.4) is 0 Å². The number of nitrogens with two attached hydrogens (primary N) is 1. The molecule has 0 spiro atoms. The van der Waals surface area contributed by atoms with E-state index in [4.69, 9.17) is 11.0 Å². The Morgan fingerprint density at radius 2 is 2.24 bits per heavy atom. The zero-order chi connectivity index (χ0) is 15.5. The van der Waals surface area contributed by atoms with E-state index in [1.54, 1.807) is 18.3 Å². The molecule has 2 aromatic rings. The third-order valence-electron chi connectivity index (χ3n) is 2.93. The van der Waals surface area contributed by atoms with Gasteiger partial charge in [-0.15, -0.1) is 22.7 Å². The van der Waals surface area contributed by atoms with Crippen LogP contribution in [0.15, 0.2) is 22.4 Å². The van der Waals surface area contributed by atoms with Crippen LogP contribution in [0.1, 0.15) is 16.7 Å². The topological polar surface area (TPSA) is 96.0 Å². The van der Waals surface area contributed by atoms with E-state index in [1.165, 1.54) is 4.88 Å². The number of hydrogen-bond donors (Lipinski definition) is 2. The van der Waals surface area contributed by atoms with Crippen molar-refractivity contribution in [2.45, 2.75) is 18.2 Å². The second-order valence-electron chi connectivity index (χ2n) is 4.27. The Balaban J connectivity index is 2.24. The van der Waals surface area contributed by atoms with Gasteiger partial charge in [0.05, 0.1) is 11.4 Å². The highest BCUT2D eigenvalue weighted by Gasteiger charge is 2.25. The van der Waals surface area contributed by atoms with Crippen LogP contribution in [0.25, 0.3) is 0 Å². The maximum Gasteiger partial charge on any atom is 0.183 e. The van der Waals surface area contributed by atoms with Gasteiger partial charge in [0.2, 0.25) is 0 Å². The quantitative estimate of drug-likeness (QED) is 0.842. The molecule has 5 nitrogen and oxygen atoms in total. The number of nitrogens with zero attached hydrogens (tertiary/aromatic N) is 1. The van der Waals surface area contributed by atoms with Gasteiger partial charge in [-0.3, -0.25) is 0 Å². The summed E-state index contributed by atoms with van der Waals surface area (Å²) >= 11 is 2.75. The Morgan fingerprint density at radius 3 is 2.81 bits per heavy atom. The van der Waals surface area contributed by atoms with Gasteiger partial charge in [-0.05, 0) is 17.9 Å². The summed E-state index contributed by atoms with van der Waals surface area (Å²) in [4.78, 5) is 1.52. The van der Waals surface area contributed by atoms with E-state index >= 15 is 0 Å². The molecule has 0 amide bonds. The zero-order valence-electron chi connectivity index (χ0n) is 11.4. The lowest BCUT2D eigenvalue weighted by Crippen LogP contribution is -2.10. The van der Waals surface area contributed by atoms with E-state index in [2.05, 4.69) is 5.32 Å². The van der Waals surface area contributed by atoms with Gasteiger partial charge in [-0.25, -0.2) is 8.42 Å². The van der Waals surface area contributed by atoms with E-state index in [9.17, 15) is 8.42 Å². The van der Waals surface area contributed by atoms with E-state index in [-0.39, 0.29) is 21.2 Å². The molecular weight excluding hydrogens is 326 g/mol. The van der Waals surface area contributed by atoms with Crippen LogP contribution < -0.4 is 11.1 Å². The predicted octanol–water partition coefficient (Wildman–Crippen LogP) is 2.71. The third kappa shape index (κ3) is 3.37. The van der Waals surface area contributed by atoms with Crippen molar-refractivity contribution in [3.8, 4) is 6.07 Å². The third-order valence-corrected chi connectivity index (χ3v) is 6.87. The highest BCUT2D eigenvalue weighted by atomic mass is 32.2. The van der Waals surface area contributed by atoms with Crippen molar-refractivity contribution < 1.29 is 8.42 Å². The number of rotatable bonds is 6. The normalized spacial score (nSPS) is 11.2. The minimum Gasteiger partial charge on any atom is -0.396 e. The van der Waals surface area contributed by atoms with Gasteiger partial charge < -0.3 is 11.1 Å². The fraction of sp³-hybridized carbons (Fsp3) is 0.308. The van der Waals surface area contributed by atoms with E-state index in [0.29, 0.717) is 11.5 Å². The van der Waals surface area contributed by atoms with Crippen LogP contribution >= 0.6 is 22.7 Å². The molecule has 2 rings (SSSR count). The van der Waals surface area contributed by atoms with Crippen molar-refractivity contribution in [1.82, 2.24) is 0 Å². The highest BCUT2D eigenvalue weighted by molar-refractivity contribution is 7.91. The molecule has 112 valence electrons. The Hall–Kier alpha value is -1.56. The molecule has 0 saturated heterocycles. The Bertz CT molecular complexity index is 755. The molecule has 0 radical (unpaired) electrons. The van der Waals surface area contributed by atoms with Crippen LogP contribution in [-0.4, -0.2) is 20.7 Å². The van der Waals surface area contributed by atoms with Crippen molar-refractivity contribution >= 4 is 43.2 Å². The molecule has 0 aliphatic rings. The maximum atomic E-state index is 12.1. The molecule has 0 aromatic carbocycles. The van der Waals surface area contributed by atoms with Crippen molar-refractivity contribution in [1.29, 1.82) is 5.26 Å². The summed E-state index contributed by atoms with van der Waals surface area (Å²) in [5.41, 5.74) is 5.87. The first kappa shape index (κ1) is 15.8. The number of sulfone groups is 1. The first-order valence-electron chi connectivity index (χ1n) is 6.31. The summed E-state index contributed by atoms with van der Waals surface area (Å²) in [7, 11) is -3.46. The summed E-state index contributed by atoms with van der Waals surface area (Å²) < 4.78 is 24.3. The van der Waals surface area contributed by atoms with Gasteiger partial charge in [0.1, 0.15) is 20.8 Å². The number of hydrogen-bond acceptors (Lipinski definition) is 7. The van der Waals surface area contributed by atoms with Crippen LogP contribution in [0.4, 0.5) is 10.7 Å². The fourth-order valence-electron chi connectivity index (χ4n) is 1.84. The van der Waals surface area contributed by atoms with E-state index in [1.807, 2.05) is 23.6 Å². The van der Waals surface area contributed by atoms with E-state index in [0.717, 1.165) is 17.8 Å². The van der Waals surface area contributed by atoms with Crippen LogP contribution in [0.2, 0.25) is 0 Å². The highest BCUT2D eigenvalue weighted by Crippen LogP contribution is 2.39. The number of anilines is 2. The molecular formula is C13H15N3O2S3. The summed E-state index contributed by atoms with van der Waals surface area (Å²) in [6, 6.07) is 5.95. The SMILES string of the molecule is CCS(=O)(=O)c1c(NCCc2cccs2)sc(C#N)c1N. The number of thiophene rings is 2. The van der Waals surface area contributed by atoms with Gasteiger partial charge in [0.15, 0.2) is 9.84 Å². The standard InChI is InChI=1S/C13H15N3O2S3/c1-2-21(17,18)12-11(15)10(8-14)20-13(12)16-6-5-9-4-3-7-19-9/h3-4,7,16H,2,5-6,15H2,1H3. The van der Waals surface area contributed by atoms with E-state index < -0.39 is 9.84 Å². The lowest BCUT2D eigenvalue weighted by molar-refractivity contribution is 0.598. The monoisotopic (exact) mass is 341 g/mol. The molecule has 8 heteroatoms. The summed E-state index contributed by atoms with van der Waals surface area (Å²) in [5.74, 6) is -0.0432. The lowest BCUT2D eigenvalue weighted by Gasteiger charge is -2.07. The second kappa shape index (κ2) is 6.47. The van der Waals surface area contributed by atoms with Crippen molar-refractivity contribution in [3.05, 3.63) is 27.3 Å². The summed E-state index contributed by atoms with van der Waals surface area (Å²) in [5, 5.41) is 14.6. The first-order chi connectivity index (χ1) is 9.99. The average Bonchev–Trinajstić information content (AvgIpc) is 3.07. The summed E-state index contributed by atoms with van der Waals surface area (Å²) in [6.45, 7) is 2.16. The largest absolute Gasteiger partial charge is 0.396 e. The molecule has 0 fully saturated rings. The molecule has 0 aliphatic heterocycles. The van der Waals surface area contributed by atoms with Gasteiger partial charge in [-0.1, -0.05) is 13.0 Å². The molecule has 21 heavy (non-hydrogen) atoms. The minimum atomic E-state index is -3.46. The molecule has 3 N–H and O–H groups in total. The van der Waals surface area contributed by atoms with Crippen LogP contribution in [0, 0.1) is 11.3 Å². The fourth-order valence-corrected chi connectivity index (χ4v) is 5.03. The Labute approximate surface area is 132 Å². The molecule has 0 atom stereocenters. The lowest BCUT2D eigenvalue weighted by atomic mass is 10.3. The Kier molecular flexibility index (Phi) is 4.88. The molecule has 2 aromatic heterocycles. The second-order valence-corrected chi connectivity index (χ2v) is 8.54. The maximum absolute atomic E-state index is 12.1. The van der Waals surface area contributed by atoms with Crippen LogP contribution in [0.5, 0.6) is 0 Å². The molecule has 2 heterocycles. The first-order valence-corrected chi connectivity index (χ1v) is 9.65. The average molecular weight is 341 g/mol. The Morgan fingerprint density at radius 1 is 1.48 bits per heavy atom. The van der Waals surface area contributed by atoms with Gasteiger partial charge >= 0.3 is 0 Å². The number of nitrogen functional groups attached to an aromatic ring is 1.